The highest BCUT2D eigenvalue weighted by Crippen LogP contribution is 2.23. The SMILES string of the molecule is CC(C)c1ccc(/C=C2/N=C(c3ccc(-c4ccccc4)cc3)OC2=O)cc1. The van der Waals surface area contributed by atoms with Gasteiger partial charge in [0.1, 0.15) is 0 Å². The van der Waals surface area contributed by atoms with Crippen LogP contribution in [0, 0.1) is 0 Å². The van der Waals surface area contributed by atoms with Crippen LogP contribution in [0.15, 0.2) is 89.6 Å². The molecule has 4 rings (SSSR count). The Morgan fingerprint density at radius 1 is 0.786 bits per heavy atom. The number of aliphatic imine (C=N–C) groups is 1. The van der Waals surface area contributed by atoms with Crippen LogP contribution >= 0.6 is 0 Å². The van der Waals surface area contributed by atoms with Gasteiger partial charge in [-0.1, -0.05) is 80.6 Å². The fourth-order valence-electron chi connectivity index (χ4n) is 3.10. The summed E-state index contributed by atoms with van der Waals surface area (Å²) in [4.78, 5) is 16.6. The van der Waals surface area contributed by atoms with Crippen LogP contribution in [0.3, 0.4) is 0 Å². The van der Waals surface area contributed by atoms with Crippen molar-refractivity contribution in [2.45, 2.75) is 19.8 Å². The van der Waals surface area contributed by atoms with Crippen LogP contribution in [0.5, 0.6) is 0 Å². The van der Waals surface area contributed by atoms with E-state index in [1.165, 1.54) is 5.56 Å². The molecule has 1 heterocycles. The third kappa shape index (κ3) is 3.79. The molecule has 0 fully saturated rings. The third-order valence-electron chi connectivity index (χ3n) is 4.77. The Morgan fingerprint density at radius 3 is 2.04 bits per heavy atom. The summed E-state index contributed by atoms with van der Waals surface area (Å²) in [6, 6.07) is 26.2. The Hall–Kier alpha value is -3.46. The second-order valence-corrected chi connectivity index (χ2v) is 7.10. The van der Waals surface area contributed by atoms with Gasteiger partial charge in [0.05, 0.1) is 0 Å². The molecule has 3 nitrogen and oxygen atoms in total. The number of carbonyl (C=O) groups is 1. The molecule has 0 atom stereocenters. The molecule has 0 aliphatic carbocycles. The van der Waals surface area contributed by atoms with Crippen molar-refractivity contribution in [3.05, 3.63) is 101 Å². The first-order valence-electron chi connectivity index (χ1n) is 9.38. The molecule has 138 valence electrons. The number of esters is 1. The van der Waals surface area contributed by atoms with E-state index < -0.39 is 5.97 Å². The van der Waals surface area contributed by atoms with Gasteiger partial charge in [0, 0.05) is 5.56 Å². The van der Waals surface area contributed by atoms with E-state index in [2.05, 4.69) is 43.1 Å². The number of cyclic esters (lactones) is 1. The van der Waals surface area contributed by atoms with Gasteiger partial charge >= 0.3 is 5.97 Å². The molecule has 0 aromatic heterocycles. The number of hydrogen-bond donors (Lipinski definition) is 0. The normalized spacial score (nSPS) is 15.0. The van der Waals surface area contributed by atoms with Gasteiger partial charge in [0.15, 0.2) is 5.70 Å². The van der Waals surface area contributed by atoms with Crippen LogP contribution in [0.4, 0.5) is 0 Å². The lowest BCUT2D eigenvalue weighted by atomic mass is 10.0. The van der Waals surface area contributed by atoms with E-state index >= 15 is 0 Å². The smallest absolute Gasteiger partial charge is 0.363 e. The highest BCUT2D eigenvalue weighted by atomic mass is 16.6. The fraction of sp³-hybridized carbons (Fsp3) is 0.120. The average Bonchev–Trinajstić information content (AvgIpc) is 3.09. The van der Waals surface area contributed by atoms with Crippen molar-refractivity contribution >= 4 is 17.9 Å². The second-order valence-electron chi connectivity index (χ2n) is 7.10. The van der Waals surface area contributed by atoms with Crippen molar-refractivity contribution in [3.63, 3.8) is 0 Å². The fourth-order valence-corrected chi connectivity index (χ4v) is 3.10. The third-order valence-corrected chi connectivity index (χ3v) is 4.77. The van der Waals surface area contributed by atoms with Crippen molar-refractivity contribution in [2.75, 3.05) is 0 Å². The molecule has 1 aliphatic heterocycles. The molecule has 3 aromatic rings. The number of carbonyl (C=O) groups excluding carboxylic acids is 1. The van der Waals surface area contributed by atoms with Gasteiger partial charge in [0.25, 0.3) is 0 Å². The molecule has 0 N–H and O–H groups in total. The van der Waals surface area contributed by atoms with E-state index in [4.69, 9.17) is 4.74 Å². The lowest BCUT2D eigenvalue weighted by Crippen LogP contribution is -2.05. The molecule has 0 bridgehead atoms. The largest absolute Gasteiger partial charge is 0.402 e. The predicted octanol–water partition coefficient (Wildman–Crippen LogP) is 5.82. The van der Waals surface area contributed by atoms with Crippen molar-refractivity contribution in [2.24, 2.45) is 4.99 Å². The Morgan fingerprint density at radius 2 is 1.39 bits per heavy atom. The van der Waals surface area contributed by atoms with Crippen molar-refractivity contribution in [1.29, 1.82) is 0 Å². The Bertz CT molecular complexity index is 1040. The summed E-state index contributed by atoms with van der Waals surface area (Å²) in [6.07, 6.45) is 1.76. The second kappa shape index (κ2) is 7.65. The quantitative estimate of drug-likeness (QED) is 0.430. The van der Waals surface area contributed by atoms with Gasteiger partial charge in [-0.05, 0) is 46.4 Å². The minimum Gasteiger partial charge on any atom is -0.402 e. The lowest BCUT2D eigenvalue weighted by molar-refractivity contribution is -0.129. The van der Waals surface area contributed by atoms with Crippen LogP contribution in [0.2, 0.25) is 0 Å². The molecule has 0 radical (unpaired) electrons. The van der Waals surface area contributed by atoms with Crippen LogP contribution in [0.25, 0.3) is 17.2 Å². The first kappa shape index (κ1) is 17.9. The van der Waals surface area contributed by atoms with Crippen LogP contribution in [-0.4, -0.2) is 11.9 Å². The van der Waals surface area contributed by atoms with Gasteiger partial charge in [-0.25, -0.2) is 9.79 Å². The summed E-state index contributed by atoms with van der Waals surface area (Å²) in [5.74, 6) is 0.395. The first-order valence-corrected chi connectivity index (χ1v) is 9.38. The van der Waals surface area contributed by atoms with Gasteiger partial charge in [0.2, 0.25) is 5.90 Å². The Kier molecular flexibility index (Phi) is 4.90. The molecule has 1 aliphatic rings. The van der Waals surface area contributed by atoms with E-state index in [1.54, 1.807) is 6.08 Å². The molecule has 0 spiro atoms. The number of ether oxygens (including phenoxy) is 1. The molecule has 0 saturated heterocycles. The number of hydrogen-bond acceptors (Lipinski definition) is 3. The summed E-state index contributed by atoms with van der Waals surface area (Å²) in [5, 5.41) is 0. The molecular formula is C25H21NO2. The van der Waals surface area contributed by atoms with Gasteiger partial charge in [-0.3, -0.25) is 0 Å². The maximum absolute atomic E-state index is 12.2. The Balaban J connectivity index is 1.57. The summed E-state index contributed by atoms with van der Waals surface area (Å²) >= 11 is 0. The standard InChI is InChI=1S/C25H21NO2/c1-17(2)19-10-8-18(9-11-19)16-23-25(27)28-24(26-23)22-14-12-21(13-15-22)20-6-4-3-5-7-20/h3-17H,1-2H3/b23-16+. The van der Waals surface area contributed by atoms with Crippen molar-refractivity contribution in [1.82, 2.24) is 0 Å². The number of nitrogens with zero attached hydrogens (tertiary/aromatic N) is 1. The molecule has 3 heteroatoms. The van der Waals surface area contributed by atoms with Crippen LogP contribution < -0.4 is 0 Å². The maximum Gasteiger partial charge on any atom is 0.363 e. The summed E-state index contributed by atoms with van der Waals surface area (Å²) < 4.78 is 5.38. The topological polar surface area (TPSA) is 38.7 Å². The molecular weight excluding hydrogens is 346 g/mol. The average molecular weight is 367 g/mol. The minimum atomic E-state index is -0.421. The highest BCUT2D eigenvalue weighted by molar-refractivity contribution is 6.12. The number of benzene rings is 3. The van der Waals surface area contributed by atoms with E-state index in [-0.39, 0.29) is 0 Å². The highest BCUT2D eigenvalue weighted by Gasteiger charge is 2.24. The minimum absolute atomic E-state index is 0.319. The zero-order valence-electron chi connectivity index (χ0n) is 15.9. The monoisotopic (exact) mass is 367 g/mol. The van der Waals surface area contributed by atoms with E-state index in [0.29, 0.717) is 17.5 Å². The van der Waals surface area contributed by atoms with Gasteiger partial charge in [-0.2, -0.15) is 0 Å². The lowest BCUT2D eigenvalue weighted by Gasteiger charge is -2.04. The van der Waals surface area contributed by atoms with Crippen LogP contribution in [0.1, 0.15) is 36.5 Å². The first-order chi connectivity index (χ1) is 13.6. The van der Waals surface area contributed by atoms with Crippen molar-refractivity contribution in [3.8, 4) is 11.1 Å². The molecule has 3 aromatic carbocycles. The van der Waals surface area contributed by atoms with Gasteiger partial charge < -0.3 is 4.74 Å². The molecule has 0 amide bonds. The van der Waals surface area contributed by atoms with Gasteiger partial charge in [-0.15, -0.1) is 0 Å². The molecule has 0 saturated carbocycles. The summed E-state index contributed by atoms with van der Waals surface area (Å²) in [7, 11) is 0. The molecule has 0 unspecified atom stereocenters. The zero-order valence-corrected chi connectivity index (χ0v) is 15.9. The van der Waals surface area contributed by atoms with Crippen LogP contribution in [-0.2, 0) is 9.53 Å². The Labute approximate surface area is 165 Å². The van der Waals surface area contributed by atoms with E-state index in [1.807, 2.05) is 54.6 Å². The molecule has 28 heavy (non-hydrogen) atoms. The summed E-state index contributed by atoms with van der Waals surface area (Å²) in [5.41, 5.74) is 5.55. The summed E-state index contributed by atoms with van der Waals surface area (Å²) in [6.45, 7) is 4.31. The van der Waals surface area contributed by atoms with Crippen molar-refractivity contribution < 1.29 is 9.53 Å². The van der Waals surface area contributed by atoms with E-state index in [9.17, 15) is 4.79 Å². The maximum atomic E-state index is 12.2. The number of rotatable bonds is 4. The van der Waals surface area contributed by atoms with E-state index in [0.717, 1.165) is 22.3 Å². The predicted molar refractivity (Wildman–Crippen MR) is 113 cm³/mol. The zero-order chi connectivity index (χ0) is 19.5.